The fourth-order valence-electron chi connectivity index (χ4n) is 1.46. The second-order valence-electron chi connectivity index (χ2n) is 3.78. The first kappa shape index (κ1) is 15.3. The van der Waals surface area contributed by atoms with Crippen LogP contribution in [0.2, 0.25) is 0 Å². The predicted molar refractivity (Wildman–Crippen MR) is 77.4 cm³/mol. The molecule has 1 aromatic carbocycles. The van der Waals surface area contributed by atoms with E-state index in [1.54, 1.807) is 7.11 Å². The van der Waals surface area contributed by atoms with Crippen LogP contribution in [0.4, 0.5) is 5.69 Å². The number of hydrogen-bond acceptors (Lipinski definition) is 4. The maximum Gasteiger partial charge on any atom is 0.210 e. The highest BCUT2D eigenvalue weighted by molar-refractivity contribution is 5.93. The van der Waals surface area contributed by atoms with Crippen LogP contribution in [0.1, 0.15) is 13.3 Å². The van der Waals surface area contributed by atoms with Crippen LogP contribution in [0.15, 0.2) is 29.3 Å². The van der Waals surface area contributed by atoms with Gasteiger partial charge in [0.1, 0.15) is 5.75 Å². The van der Waals surface area contributed by atoms with Crippen molar-refractivity contribution in [1.29, 1.82) is 0 Å². The summed E-state index contributed by atoms with van der Waals surface area (Å²) >= 11 is 0. The Bertz CT molecular complexity index is 396. The lowest BCUT2D eigenvalue weighted by Gasteiger charge is -2.10. The summed E-state index contributed by atoms with van der Waals surface area (Å²) in [6.45, 7) is 4.06. The van der Waals surface area contributed by atoms with Crippen molar-refractivity contribution in [3.8, 4) is 5.75 Å². The van der Waals surface area contributed by atoms with E-state index in [0.29, 0.717) is 19.1 Å². The monoisotopic (exact) mass is 266 g/mol. The highest BCUT2D eigenvalue weighted by Gasteiger charge is 1.99. The summed E-state index contributed by atoms with van der Waals surface area (Å²) in [5.41, 5.74) is 3.40. The molecule has 0 aliphatic rings. The van der Waals surface area contributed by atoms with Crippen LogP contribution in [0.25, 0.3) is 0 Å². The Kier molecular flexibility index (Phi) is 7.38. The molecule has 0 amide bonds. The standard InChI is InChI=1S/C13H22N4O2/c1-3-19-9-5-8-15-13(17-14)16-11-6-4-7-12(10-11)18-2/h4,6-7,10H,3,5,8-9,14H2,1-2H3,(H2,15,16,17). The van der Waals surface area contributed by atoms with Crippen molar-refractivity contribution in [2.24, 2.45) is 10.8 Å². The number of ether oxygens (including phenoxy) is 2. The molecule has 0 unspecified atom stereocenters. The van der Waals surface area contributed by atoms with E-state index < -0.39 is 0 Å². The van der Waals surface area contributed by atoms with Gasteiger partial charge in [-0.1, -0.05) is 6.07 Å². The van der Waals surface area contributed by atoms with Crippen LogP contribution in [0.3, 0.4) is 0 Å². The molecule has 0 aliphatic carbocycles. The molecule has 0 bridgehead atoms. The van der Waals surface area contributed by atoms with Gasteiger partial charge >= 0.3 is 0 Å². The molecule has 6 heteroatoms. The number of benzene rings is 1. The fraction of sp³-hybridized carbons (Fsp3) is 0.462. The molecule has 0 atom stereocenters. The van der Waals surface area contributed by atoms with Gasteiger partial charge in [-0.3, -0.25) is 10.4 Å². The second kappa shape index (κ2) is 9.18. The van der Waals surface area contributed by atoms with Gasteiger partial charge in [0.25, 0.3) is 0 Å². The van der Waals surface area contributed by atoms with Crippen molar-refractivity contribution in [3.05, 3.63) is 24.3 Å². The Morgan fingerprint density at radius 3 is 2.95 bits per heavy atom. The van der Waals surface area contributed by atoms with Crippen molar-refractivity contribution in [2.45, 2.75) is 13.3 Å². The Morgan fingerprint density at radius 2 is 2.26 bits per heavy atom. The average Bonchev–Trinajstić information content (AvgIpc) is 2.46. The Balaban J connectivity index is 2.48. The molecule has 106 valence electrons. The zero-order valence-electron chi connectivity index (χ0n) is 11.5. The minimum absolute atomic E-state index is 0.518. The van der Waals surface area contributed by atoms with Crippen molar-refractivity contribution in [2.75, 3.05) is 32.2 Å². The van der Waals surface area contributed by atoms with Gasteiger partial charge in [-0.2, -0.15) is 0 Å². The summed E-state index contributed by atoms with van der Waals surface area (Å²) in [5.74, 6) is 6.72. The molecular formula is C13H22N4O2. The molecule has 0 radical (unpaired) electrons. The molecule has 6 nitrogen and oxygen atoms in total. The number of hydrogen-bond donors (Lipinski definition) is 3. The number of anilines is 1. The van der Waals surface area contributed by atoms with Gasteiger partial charge in [-0.05, 0) is 25.5 Å². The minimum atomic E-state index is 0.518. The number of nitrogens with zero attached hydrogens (tertiary/aromatic N) is 1. The number of aliphatic imine (C=N–C) groups is 1. The zero-order valence-corrected chi connectivity index (χ0v) is 11.5. The lowest BCUT2D eigenvalue weighted by molar-refractivity contribution is 0.146. The lowest BCUT2D eigenvalue weighted by atomic mass is 10.3. The molecule has 4 N–H and O–H groups in total. The average molecular weight is 266 g/mol. The lowest BCUT2D eigenvalue weighted by Crippen LogP contribution is -2.36. The van der Waals surface area contributed by atoms with E-state index in [1.165, 1.54) is 0 Å². The molecular weight excluding hydrogens is 244 g/mol. The third-order valence-corrected chi connectivity index (χ3v) is 2.39. The van der Waals surface area contributed by atoms with Gasteiger partial charge in [0, 0.05) is 31.5 Å². The van der Waals surface area contributed by atoms with Gasteiger partial charge in [-0.15, -0.1) is 0 Å². The summed E-state index contributed by atoms with van der Waals surface area (Å²) in [5, 5.41) is 3.09. The minimum Gasteiger partial charge on any atom is -0.497 e. The molecule has 0 fully saturated rings. The number of nitrogens with one attached hydrogen (secondary N) is 2. The maximum atomic E-state index is 5.43. The van der Waals surface area contributed by atoms with Gasteiger partial charge in [-0.25, -0.2) is 5.84 Å². The molecule has 0 saturated heterocycles. The Labute approximate surface area is 114 Å². The second-order valence-corrected chi connectivity index (χ2v) is 3.78. The summed E-state index contributed by atoms with van der Waals surface area (Å²) < 4.78 is 10.4. The van der Waals surface area contributed by atoms with Crippen molar-refractivity contribution in [3.63, 3.8) is 0 Å². The van der Waals surface area contributed by atoms with Crippen molar-refractivity contribution >= 4 is 11.6 Å². The number of nitrogens with two attached hydrogens (primary N) is 1. The first-order valence-corrected chi connectivity index (χ1v) is 6.30. The third kappa shape index (κ3) is 6.08. The van der Waals surface area contributed by atoms with Crippen LogP contribution < -0.4 is 21.3 Å². The van der Waals surface area contributed by atoms with Crippen LogP contribution in [0.5, 0.6) is 5.75 Å². The molecule has 0 spiro atoms. The summed E-state index contributed by atoms with van der Waals surface area (Å²) in [7, 11) is 1.63. The van der Waals surface area contributed by atoms with Crippen LogP contribution >= 0.6 is 0 Å². The fourth-order valence-corrected chi connectivity index (χ4v) is 1.46. The SMILES string of the molecule is CCOCCCN=C(NN)Nc1cccc(OC)c1. The largest absolute Gasteiger partial charge is 0.497 e. The smallest absolute Gasteiger partial charge is 0.210 e. The first-order chi connectivity index (χ1) is 9.30. The highest BCUT2D eigenvalue weighted by Crippen LogP contribution is 2.16. The molecule has 0 heterocycles. The molecule has 19 heavy (non-hydrogen) atoms. The maximum absolute atomic E-state index is 5.43. The van der Waals surface area contributed by atoms with Gasteiger partial charge in [0.2, 0.25) is 5.96 Å². The molecule has 1 rings (SSSR count). The Hall–Kier alpha value is -1.79. The van der Waals surface area contributed by atoms with E-state index >= 15 is 0 Å². The summed E-state index contributed by atoms with van der Waals surface area (Å²) in [6.07, 6.45) is 0.860. The van der Waals surface area contributed by atoms with Gasteiger partial charge in [0.15, 0.2) is 0 Å². The van der Waals surface area contributed by atoms with E-state index in [4.69, 9.17) is 15.3 Å². The first-order valence-electron chi connectivity index (χ1n) is 6.30. The number of guanidine groups is 1. The molecule has 0 aromatic heterocycles. The van der Waals surface area contributed by atoms with Crippen molar-refractivity contribution < 1.29 is 9.47 Å². The number of hydrazine groups is 1. The van der Waals surface area contributed by atoms with E-state index in [9.17, 15) is 0 Å². The molecule has 0 saturated carbocycles. The zero-order chi connectivity index (χ0) is 13.9. The van der Waals surface area contributed by atoms with Crippen LogP contribution in [0, 0.1) is 0 Å². The topological polar surface area (TPSA) is 80.9 Å². The number of rotatable bonds is 7. The molecule has 1 aromatic rings. The summed E-state index contributed by atoms with van der Waals surface area (Å²) in [4.78, 5) is 4.31. The summed E-state index contributed by atoms with van der Waals surface area (Å²) in [6, 6.07) is 7.55. The van der Waals surface area contributed by atoms with Crippen molar-refractivity contribution in [1.82, 2.24) is 5.43 Å². The van der Waals surface area contributed by atoms with Crippen LogP contribution in [-0.2, 0) is 4.74 Å². The quantitative estimate of drug-likeness (QED) is 0.228. The van der Waals surface area contributed by atoms with E-state index in [0.717, 1.165) is 24.5 Å². The van der Waals surface area contributed by atoms with E-state index in [-0.39, 0.29) is 0 Å². The van der Waals surface area contributed by atoms with Crippen LogP contribution in [-0.4, -0.2) is 32.8 Å². The molecule has 0 aliphatic heterocycles. The van der Waals surface area contributed by atoms with E-state index in [2.05, 4.69) is 15.7 Å². The predicted octanol–water partition coefficient (Wildman–Crippen LogP) is 1.35. The normalized spacial score (nSPS) is 11.2. The van der Waals surface area contributed by atoms with Gasteiger partial charge < -0.3 is 14.8 Å². The van der Waals surface area contributed by atoms with E-state index in [1.807, 2.05) is 31.2 Å². The highest BCUT2D eigenvalue weighted by atomic mass is 16.5. The van der Waals surface area contributed by atoms with Gasteiger partial charge in [0.05, 0.1) is 7.11 Å². The number of methoxy groups -OCH3 is 1. The Morgan fingerprint density at radius 1 is 1.42 bits per heavy atom. The third-order valence-electron chi connectivity index (χ3n) is 2.39.